The fourth-order valence-electron chi connectivity index (χ4n) is 3.52. The van der Waals surface area contributed by atoms with Crippen molar-refractivity contribution in [2.45, 2.75) is 64.0 Å². The van der Waals surface area contributed by atoms with Gasteiger partial charge >= 0.3 is 0 Å². The SMILES string of the molecule is CCOCCN1CC2(CCCCC2)NCCC1C. The van der Waals surface area contributed by atoms with Crippen molar-refractivity contribution in [3.8, 4) is 0 Å². The molecule has 0 amide bonds. The van der Waals surface area contributed by atoms with Gasteiger partial charge in [-0.3, -0.25) is 4.90 Å². The number of hydrogen-bond donors (Lipinski definition) is 1. The topological polar surface area (TPSA) is 24.5 Å². The minimum absolute atomic E-state index is 0.412. The van der Waals surface area contributed by atoms with Crippen LogP contribution in [0.15, 0.2) is 0 Å². The van der Waals surface area contributed by atoms with Crippen LogP contribution in [0.2, 0.25) is 0 Å². The van der Waals surface area contributed by atoms with Crippen molar-refractivity contribution < 1.29 is 4.74 Å². The Hall–Kier alpha value is -0.120. The predicted octanol–water partition coefficient (Wildman–Crippen LogP) is 2.41. The van der Waals surface area contributed by atoms with E-state index < -0.39 is 0 Å². The molecule has 1 N–H and O–H groups in total. The van der Waals surface area contributed by atoms with Gasteiger partial charge in [0.2, 0.25) is 0 Å². The molecule has 0 radical (unpaired) electrons. The minimum Gasteiger partial charge on any atom is -0.380 e. The van der Waals surface area contributed by atoms with E-state index in [4.69, 9.17) is 4.74 Å². The molecule has 3 heteroatoms. The summed E-state index contributed by atoms with van der Waals surface area (Å²) < 4.78 is 5.54. The van der Waals surface area contributed by atoms with E-state index in [0.29, 0.717) is 11.6 Å². The molecule has 1 unspecified atom stereocenters. The Balaban J connectivity index is 1.93. The maximum atomic E-state index is 5.54. The summed E-state index contributed by atoms with van der Waals surface area (Å²) in [6.07, 6.45) is 8.24. The largest absolute Gasteiger partial charge is 0.380 e. The molecule has 106 valence electrons. The maximum Gasteiger partial charge on any atom is 0.0593 e. The highest BCUT2D eigenvalue weighted by molar-refractivity contribution is 4.96. The highest BCUT2D eigenvalue weighted by Crippen LogP contribution is 2.31. The third kappa shape index (κ3) is 3.69. The zero-order chi connectivity index (χ0) is 12.8. The third-order valence-corrected chi connectivity index (χ3v) is 4.73. The van der Waals surface area contributed by atoms with Gasteiger partial charge < -0.3 is 10.1 Å². The Morgan fingerprint density at radius 1 is 1.28 bits per heavy atom. The lowest BCUT2D eigenvalue weighted by atomic mass is 9.81. The van der Waals surface area contributed by atoms with Crippen LogP contribution >= 0.6 is 0 Å². The second-order valence-corrected chi connectivity index (χ2v) is 6.07. The van der Waals surface area contributed by atoms with Gasteiger partial charge in [0.1, 0.15) is 0 Å². The second-order valence-electron chi connectivity index (χ2n) is 6.07. The van der Waals surface area contributed by atoms with Crippen LogP contribution in [0.5, 0.6) is 0 Å². The highest BCUT2D eigenvalue weighted by Gasteiger charge is 2.36. The molecule has 1 saturated heterocycles. The Kier molecular flexibility index (Phi) is 5.46. The van der Waals surface area contributed by atoms with Crippen LogP contribution in [0.4, 0.5) is 0 Å². The molecule has 0 aromatic rings. The molecular formula is C15H30N2O. The zero-order valence-corrected chi connectivity index (χ0v) is 12.2. The number of rotatable bonds is 4. The van der Waals surface area contributed by atoms with Gasteiger partial charge in [0.05, 0.1) is 6.61 Å². The minimum atomic E-state index is 0.412. The maximum absolute atomic E-state index is 5.54. The Morgan fingerprint density at radius 2 is 2.06 bits per heavy atom. The van der Waals surface area contributed by atoms with E-state index in [1.165, 1.54) is 51.6 Å². The fourth-order valence-corrected chi connectivity index (χ4v) is 3.52. The normalized spacial score (nSPS) is 29.3. The van der Waals surface area contributed by atoms with E-state index in [9.17, 15) is 0 Å². The predicted molar refractivity (Wildman–Crippen MR) is 76.0 cm³/mol. The van der Waals surface area contributed by atoms with Crippen LogP contribution in [-0.4, -0.2) is 49.3 Å². The molecule has 18 heavy (non-hydrogen) atoms. The van der Waals surface area contributed by atoms with Gasteiger partial charge in [0.25, 0.3) is 0 Å². The molecule has 1 heterocycles. The van der Waals surface area contributed by atoms with Crippen molar-refractivity contribution in [3.63, 3.8) is 0 Å². The second kappa shape index (κ2) is 6.88. The van der Waals surface area contributed by atoms with Crippen LogP contribution in [0.3, 0.4) is 0 Å². The average molecular weight is 254 g/mol. The van der Waals surface area contributed by atoms with E-state index in [0.717, 1.165) is 19.8 Å². The highest BCUT2D eigenvalue weighted by atomic mass is 16.5. The smallest absolute Gasteiger partial charge is 0.0593 e. The molecule has 0 aromatic heterocycles. The van der Waals surface area contributed by atoms with Crippen LogP contribution in [0.1, 0.15) is 52.4 Å². The van der Waals surface area contributed by atoms with Crippen molar-refractivity contribution in [2.24, 2.45) is 0 Å². The summed E-state index contributed by atoms with van der Waals surface area (Å²) in [5.41, 5.74) is 0.412. The third-order valence-electron chi connectivity index (χ3n) is 4.73. The first-order chi connectivity index (χ1) is 8.76. The standard InChI is InChI=1S/C15H30N2O/c1-3-18-12-11-17-13-15(8-5-4-6-9-15)16-10-7-14(17)2/h14,16H,3-13H2,1-2H3. The van der Waals surface area contributed by atoms with E-state index in [1.807, 2.05) is 0 Å². The summed E-state index contributed by atoms with van der Waals surface area (Å²) in [6, 6.07) is 0.694. The Bertz CT molecular complexity index is 239. The summed E-state index contributed by atoms with van der Waals surface area (Å²) in [7, 11) is 0. The zero-order valence-electron chi connectivity index (χ0n) is 12.2. The summed E-state index contributed by atoms with van der Waals surface area (Å²) in [5.74, 6) is 0. The van der Waals surface area contributed by atoms with Gasteiger partial charge in [-0.1, -0.05) is 19.3 Å². The van der Waals surface area contributed by atoms with E-state index in [2.05, 4.69) is 24.1 Å². The first kappa shape index (κ1) is 14.3. The summed E-state index contributed by atoms with van der Waals surface area (Å²) in [6.45, 7) is 9.68. The lowest BCUT2D eigenvalue weighted by Gasteiger charge is -2.41. The van der Waals surface area contributed by atoms with Gasteiger partial charge in [-0.15, -0.1) is 0 Å². The van der Waals surface area contributed by atoms with Gasteiger partial charge in [-0.2, -0.15) is 0 Å². The van der Waals surface area contributed by atoms with Crippen LogP contribution < -0.4 is 5.32 Å². The molecule has 0 bridgehead atoms. The van der Waals surface area contributed by atoms with Gasteiger partial charge in [-0.05, 0) is 39.7 Å². The number of nitrogens with zero attached hydrogens (tertiary/aromatic N) is 1. The first-order valence-corrected chi connectivity index (χ1v) is 7.82. The molecule has 1 saturated carbocycles. The van der Waals surface area contributed by atoms with Crippen molar-refractivity contribution in [1.82, 2.24) is 10.2 Å². The summed E-state index contributed by atoms with van der Waals surface area (Å²) >= 11 is 0. The van der Waals surface area contributed by atoms with Crippen LogP contribution in [-0.2, 0) is 4.74 Å². The van der Waals surface area contributed by atoms with Gasteiger partial charge in [-0.25, -0.2) is 0 Å². The molecule has 2 aliphatic rings. The number of ether oxygens (including phenoxy) is 1. The lowest BCUT2D eigenvalue weighted by molar-refractivity contribution is 0.0791. The van der Waals surface area contributed by atoms with Gasteiger partial charge in [0.15, 0.2) is 0 Å². The van der Waals surface area contributed by atoms with E-state index in [1.54, 1.807) is 0 Å². The molecule has 3 nitrogen and oxygen atoms in total. The molecule has 1 aliphatic heterocycles. The molecule has 2 fully saturated rings. The molecule has 1 spiro atoms. The Morgan fingerprint density at radius 3 is 2.78 bits per heavy atom. The number of nitrogens with one attached hydrogen (secondary N) is 1. The molecule has 1 atom stereocenters. The van der Waals surface area contributed by atoms with Crippen molar-refractivity contribution in [3.05, 3.63) is 0 Å². The van der Waals surface area contributed by atoms with E-state index in [-0.39, 0.29) is 0 Å². The molecule has 1 aliphatic carbocycles. The molecule has 0 aromatic carbocycles. The summed E-state index contributed by atoms with van der Waals surface area (Å²) in [5, 5.41) is 3.87. The molecular weight excluding hydrogens is 224 g/mol. The van der Waals surface area contributed by atoms with Crippen molar-refractivity contribution in [1.29, 1.82) is 0 Å². The summed E-state index contributed by atoms with van der Waals surface area (Å²) in [4.78, 5) is 2.65. The lowest BCUT2D eigenvalue weighted by Crippen LogP contribution is -2.53. The van der Waals surface area contributed by atoms with Crippen LogP contribution in [0, 0.1) is 0 Å². The first-order valence-electron chi connectivity index (χ1n) is 7.82. The van der Waals surface area contributed by atoms with Crippen molar-refractivity contribution in [2.75, 3.05) is 32.8 Å². The fraction of sp³-hybridized carbons (Fsp3) is 1.00. The Labute approximate surface area is 112 Å². The van der Waals surface area contributed by atoms with E-state index >= 15 is 0 Å². The van der Waals surface area contributed by atoms with Crippen LogP contribution in [0.25, 0.3) is 0 Å². The quantitative estimate of drug-likeness (QED) is 0.780. The van der Waals surface area contributed by atoms with Gasteiger partial charge in [0, 0.05) is 31.3 Å². The van der Waals surface area contributed by atoms with Crippen molar-refractivity contribution >= 4 is 0 Å². The number of hydrogen-bond acceptors (Lipinski definition) is 3. The molecule has 2 rings (SSSR count). The monoisotopic (exact) mass is 254 g/mol. The average Bonchev–Trinajstić information content (AvgIpc) is 2.52.